The summed E-state index contributed by atoms with van der Waals surface area (Å²) in [6.07, 6.45) is 7.21. The molecule has 25 heavy (non-hydrogen) atoms. The number of hydrogen-bond donors (Lipinski definition) is 2. The molecule has 3 rings (SSSR count). The normalized spacial score (nSPS) is 29.2. The van der Waals surface area contributed by atoms with Crippen LogP contribution in [0.15, 0.2) is 18.5 Å². The van der Waals surface area contributed by atoms with Crippen LogP contribution in [0.4, 0.5) is 5.95 Å². The van der Waals surface area contributed by atoms with Gasteiger partial charge < -0.3 is 15.1 Å². The number of carbonyl (C=O) groups is 1. The Balaban J connectivity index is 1.50. The molecular weight excluding hydrogens is 314 g/mol. The minimum atomic E-state index is 0.00303. The topological polar surface area (TPSA) is 62.6 Å². The van der Waals surface area contributed by atoms with E-state index in [-0.39, 0.29) is 11.9 Å². The number of nitrogens with zero attached hydrogens (tertiary/aromatic N) is 3. The SMILES string of the molecule is C[C@@H]1[C@H](C)CCC[C@@H]1NC(=O)[C@@H](C)[NH+]1CCN(c2ncccn2)CC1. The fraction of sp³-hybridized carbons (Fsp3) is 0.737. The standard InChI is InChI=1S/C19H31N5O/c1-14-6-4-7-17(15(14)2)22-18(25)16(3)23-10-12-24(13-11-23)19-20-8-5-9-21-19/h5,8-9,14-17H,4,6-7,10-13H2,1-3H3,(H,22,25)/p+1/t14-,15-,16-,17+/m1/s1. The van der Waals surface area contributed by atoms with Gasteiger partial charge in [0.25, 0.3) is 5.91 Å². The third-order valence-electron chi connectivity index (χ3n) is 6.28. The summed E-state index contributed by atoms with van der Waals surface area (Å²) in [6, 6.07) is 2.19. The van der Waals surface area contributed by atoms with Crippen LogP contribution in [-0.4, -0.2) is 54.1 Å². The first-order valence-electron chi connectivity index (χ1n) is 9.73. The van der Waals surface area contributed by atoms with Crippen molar-refractivity contribution in [3.8, 4) is 0 Å². The molecule has 138 valence electrons. The Bertz CT molecular complexity index is 558. The van der Waals surface area contributed by atoms with Crippen molar-refractivity contribution < 1.29 is 9.69 Å². The maximum absolute atomic E-state index is 12.7. The summed E-state index contributed by atoms with van der Waals surface area (Å²) in [5, 5.41) is 3.34. The predicted molar refractivity (Wildman–Crippen MR) is 98.5 cm³/mol. The van der Waals surface area contributed by atoms with E-state index in [0.29, 0.717) is 17.9 Å². The van der Waals surface area contributed by atoms with Crippen LogP contribution in [0.2, 0.25) is 0 Å². The van der Waals surface area contributed by atoms with Crippen molar-refractivity contribution in [2.24, 2.45) is 11.8 Å². The number of carbonyl (C=O) groups excluding carboxylic acids is 1. The van der Waals surface area contributed by atoms with E-state index in [4.69, 9.17) is 0 Å². The molecule has 2 fully saturated rings. The number of piperazine rings is 1. The van der Waals surface area contributed by atoms with Gasteiger partial charge in [-0.15, -0.1) is 0 Å². The number of nitrogens with one attached hydrogen (secondary N) is 2. The van der Waals surface area contributed by atoms with Crippen molar-refractivity contribution in [1.29, 1.82) is 0 Å². The first-order chi connectivity index (χ1) is 12.1. The molecule has 0 radical (unpaired) electrons. The van der Waals surface area contributed by atoms with Crippen molar-refractivity contribution in [2.45, 2.75) is 52.1 Å². The van der Waals surface area contributed by atoms with E-state index in [1.807, 2.05) is 6.07 Å². The summed E-state index contributed by atoms with van der Waals surface area (Å²) in [6.45, 7) is 10.3. The van der Waals surface area contributed by atoms with Crippen LogP contribution in [0.5, 0.6) is 0 Å². The number of rotatable bonds is 4. The van der Waals surface area contributed by atoms with Crippen molar-refractivity contribution in [2.75, 3.05) is 31.1 Å². The monoisotopic (exact) mass is 346 g/mol. The zero-order valence-corrected chi connectivity index (χ0v) is 15.7. The van der Waals surface area contributed by atoms with E-state index in [2.05, 4.69) is 41.0 Å². The van der Waals surface area contributed by atoms with Gasteiger partial charge in [0.1, 0.15) is 0 Å². The van der Waals surface area contributed by atoms with Crippen LogP contribution in [0.3, 0.4) is 0 Å². The lowest BCUT2D eigenvalue weighted by Gasteiger charge is -2.37. The smallest absolute Gasteiger partial charge is 0.278 e. The quantitative estimate of drug-likeness (QED) is 0.834. The molecule has 6 nitrogen and oxygen atoms in total. The van der Waals surface area contributed by atoms with Gasteiger partial charge in [-0.05, 0) is 31.2 Å². The third-order valence-corrected chi connectivity index (χ3v) is 6.28. The Morgan fingerprint density at radius 1 is 1.24 bits per heavy atom. The van der Waals surface area contributed by atoms with Gasteiger partial charge in [-0.25, -0.2) is 9.97 Å². The van der Waals surface area contributed by atoms with Crippen LogP contribution >= 0.6 is 0 Å². The van der Waals surface area contributed by atoms with Crippen molar-refractivity contribution in [1.82, 2.24) is 15.3 Å². The van der Waals surface area contributed by atoms with E-state index < -0.39 is 0 Å². The van der Waals surface area contributed by atoms with Gasteiger partial charge in [-0.3, -0.25) is 4.79 Å². The molecule has 2 aliphatic rings. The Labute approximate surface area is 151 Å². The van der Waals surface area contributed by atoms with E-state index in [1.54, 1.807) is 12.4 Å². The van der Waals surface area contributed by atoms with E-state index in [1.165, 1.54) is 17.7 Å². The van der Waals surface area contributed by atoms with Crippen LogP contribution in [-0.2, 0) is 4.79 Å². The second-order valence-electron chi connectivity index (χ2n) is 7.80. The van der Waals surface area contributed by atoms with Crippen LogP contribution in [0.25, 0.3) is 0 Å². The highest BCUT2D eigenvalue weighted by molar-refractivity contribution is 5.80. The molecule has 0 aromatic carbocycles. The number of hydrogen-bond acceptors (Lipinski definition) is 4. The molecule has 1 amide bonds. The molecule has 1 aromatic heterocycles. The zero-order valence-electron chi connectivity index (χ0n) is 15.7. The van der Waals surface area contributed by atoms with Crippen molar-refractivity contribution >= 4 is 11.9 Å². The van der Waals surface area contributed by atoms with E-state index in [9.17, 15) is 4.79 Å². The number of amides is 1. The third kappa shape index (κ3) is 4.29. The molecule has 1 aliphatic carbocycles. The summed E-state index contributed by atoms with van der Waals surface area (Å²) < 4.78 is 0. The number of aromatic nitrogens is 2. The van der Waals surface area contributed by atoms with Crippen LogP contribution in [0, 0.1) is 11.8 Å². The summed E-state index contributed by atoms with van der Waals surface area (Å²) in [7, 11) is 0. The first kappa shape index (κ1) is 18.1. The van der Waals surface area contributed by atoms with Gasteiger partial charge in [0.05, 0.1) is 26.2 Å². The molecule has 1 aliphatic heterocycles. The zero-order chi connectivity index (χ0) is 17.8. The van der Waals surface area contributed by atoms with Crippen LogP contribution < -0.4 is 15.1 Å². The molecule has 1 aromatic rings. The molecule has 0 bridgehead atoms. The predicted octanol–water partition coefficient (Wildman–Crippen LogP) is 0.511. The maximum atomic E-state index is 12.7. The molecule has 2 N–H and O–H groups in total. The lowest BCUT2D eigenvalue weighted by molar-refractivity contribution is -0.914. The van der Waals surface area contributed by atoms with Crippen molar-refractivity contribution in [3.05, 3.63) is 18.5 Å². The highest BCUT2D eigenvalue weighted by Crippen LogP contribution is 2.29. The lowest BCUT2D eigenvalue weighted by Crippen LogP contribution is -3.19. The highest BCUT2D eigenvalue weighted by Gasteiger charge is 2.33. The lowest BCUT2D eigenvalue weighted by atomic mass is 9.78. The van der Waals surface area contributed by atoms with Crippen molar-refractivity contribution in [3.63, 3.8) is 0 Å². The summed E-state index contributed by atoms with van der Waals surface area (Å²) in [5.41, 5.74) is 0. The average Bonchev–Trinajstić information content (AvgIpc) is 2.65. The fourth-order valence-electron chi connectivity index (χ4n) is 4.16. The van der Waals surface area contributed by atoms with E-state index >= 15 is 0 Å². The average molecular weight is 346 g/mol. The van der Waals surface area contributed by atoms with Gasteiger partial charge in [-0.2, -0.15) is 0 Å². The van der Waals surface area contributed by atoms with Crippen LogP contribution in [0.1, 0.15) is 40.0 Å². The Morgan fingerprint density at radius 3 is 2.60 bits per heavy atom. The number of quaternary nitrogens is 1. The molecule has 1 saturated carbocycles. The van der Waals surface area contributed by atoms with Gasteiger partial charge in [-0.1, -0.05) is 26.7 Å². The van der Waals surface area contributed by atoms with Gasteiger partial charge in [0.2, 0.25) is 5.95 Å². The molecule has 0 spiro atoms. The summed E-state index contributed by atoms with van der Waals surface area (Å²) in [4.78, 5) is 25.0. The highest BCUT2D eigenvalue weighted by atomic mass is 16.2. The molecule has 4 atom stereocenters. The Morgan fingerprint density at radius 2 is 1.92 bits per heavy atom. The Kier molecular flexibility index (Phi) is 5.89. The largest absolute Gasteiger partial charge is 0.348 e. The first-order valence-corrected chi connectivity index (χ1v) is 9.73. The van der Waals surface area contributed by atoms with E-state index in [0.717, 1.165) is 38.5 Å². The molecular formula is C19H32N5O+. The second kappa shape index (κ2) is 8.13. The number of anilines is 1. The Hall–Kier alpha value is -1.69. The van der Waals surface area contributed by atoms with Gasteiger partial charge in [0.15, 0.2) is 6.04 Å². The van der Waals surface area contributed by atoms with Gasteiger partial charge >= 0.3 is 0 Å². The second-order valence-corrected chi connectivity index (χ2v) is 7.80. The summed E-state index contributed by atoms with van der Waals surface area (Å²) >= 11 is 0. The minimum Gasteiger partial charge on any atom is -0.348 e. The fourth-order valence-corrected chi connectivity index (χ4v) is 4.16. The van der Waals surface area contributed by atoms with Gasteiger partial charge in [0, 0.05) is 18.4 Å². The summed E-state index contributed by atoms with van der Waals surface area (Å²) in [5.74, 6) is 2.29. The molecule has 0 unspecified atom stereocenters. The molecule has 6 heteroatoms. The molecule has 2 heterocycles. The minimum absolute atomic E-state index is 0.00303. The maximum Gasteiger partial charge on any atom is 0.278 e. The molecule has 1 saturated heterocycles.